The second-order valence-corrected chi connectivity index (χ2v) is 3.15. The minimum atomic E-state index is 0.00134. The molecule has 0 aliphatic carbocycles. The number of aromatic nitrogens is 2. The summed E-state index contributed by atoms with van der Waals surface area (Å²) in [6.45, 7) is 0.00134. The summed E-state index contributed by atoms with van der Waals surface area (Å²) < 4.78 is 6.03. The Morgan fingerprint density at radius 1 is 1.33 bits per heavy atom. The zero-order valence-corrected chi connectivity index (χ0v) is 9.27. The second-order valence-electron chi connectivity index (χ2n) is 3.15. The highest BCUT2D eigenvalue weighted by Gasteiger charge is 2.04. The molecule has 0 unspecified atom stereocenters. The smallest absolute Gasteiger partial charge is 0.0957 e. The number of nitrogens with zero attached hydrogens (tertiary/aromatic N) is 2. The largest absolute Gasteiger partial charge is 0.390 e. The van der Waals surface area contributed by atoms with Gasteiger partial charge in [-0.1, -0.05) is 18.2 Å². The van der Waals surface area contributed by atoms with Crippen molar-refractivity contribution < 1.29 is 9.84 Å². The summed E-state index contributed by atoms with van der Waals surface area (Å²) in [4.78, 5) is 0. The molecular formula is C11H16N2O2. The zero-order valence-electron chi connectivity index (χ0n) is 9.27. The van der Waals surface area contributed by atoms with Gasteiger partial charge in [0, 0.05) is 26.7 Å². The molecule has 0 atom stereocenters. The van der Waals surface area contributed by atoms with E-state index >= 15 is 0 Å². The molecule has 1 N–H and O–H groups in total. The number of ether oxygens (including phenoxy) is 1. The Labute approximate surface area is 89.1 Å². The molecule has 0 fully saturated rings. The first-order chi connectivity index (χ1) is 7.24. The molecule has 4 heteroatoms. The fraction of sp³-hybridized carbons (Fsp3) is 0.364. The molecule has 0 bridgehead atoms. The number of fused-ring (bicyclic) bond motifs is 1. The minimum absolute atomic E-state index is 0.00134. The van der Waals surface area contributed by atoms with Crippen LogP contribution in [0.5, 0.6) is 0 Å². The fourth-order valence-electron chi connectivity index (χ4n) is 1.41. The Kier molecular flexibility index (Phi) is 4.27. The van der Waals surface area contributed by atoms with E-state index in [-0.39, 0.29) is 6.61 Å². The molecule has 0 amide bonds. The maximum absolute atomic E-state index is 8.97. The number of rotatable bonds is 1. The van der Waals surface area contributed by atoms with E-state index in [2.05, 4.69) is 9.84 Å². The van der Waals surface area contributed by atoms with E-state index in [0.717, 1.165) is 16.6 Å². The molecular weight excluding hydrogens is 192 g/mol. The zero-order chi connectivity index (χ0) is 11.3. The fourth-order valence-corrected chi connectivity index (χ4v) is 1.41. The summed E-state index contributed by atoms with van der Waals surface area (Å²) in [7, 11) is 5.13. The van der Waals surface area contributed by atoms with Crippen molar-refractivity contribution in [2.24, 2.45) is 7.05 Å². The molecule has 0 aliphatic heterocycles. The van der Waals surface area contributed by atoms with E-state index in [4.69, 9.17) is 5.11 Å². The van der Waals surface area contributed by atoms with Crippen LogP contribution in [-0.4, -0.2) is 29.1 Å². The van der Waals surface area contributed by atoms with Crippen LogP contribution < -0.4 is 0 Å². The van der Waals surface area contributed by atoms with Crippen LogP contribution in [-0.2, 0) is 18.4 Å². The van der Waals surface area contributed by atoms with E-state index < -0.39 is 0 Å². The number of aliphatic hydroxyl groups excluding tert-OH is 1. The summed E-state index contributed by atoms with van der Waals surface area (Å²) >= 11 is 0. The van der Waals surface area contributed by atoms with Crippen LogP contribution in [0.2, 0.25) is 0 Å². The van der Waals surface area contributed by atoms with Gasteiger partial charge in [0.1, 0.15) is 0 Å². The number of methoxy groups -OCH3 is 1. The molecule has 82 valence electrons. The van der Waals surface area contributed by atoms with Crippen molar-refractivity contribution in [1.29, 1.82) is 0 Å². The number of para-hydroxylation sites is 1. The third-order valence-electron chi connectivity index (χ3n) is 1.98. The lowest BCUT2D eigenvalue weighted by molar-refractivity contribution is 0.277. The van der Waals surface area contributed by atoms with Crippen molar-refractivity contribution in [2.75, 3.05) is 14.2 Å². The monoisotopic (exact) mass is 208 g/mol. The number of benzene rings is 1. The summed E-state index contributed by atoms with van der Waals surface area (Å²) in [6, 6.07) is 7.86. The van der Waals surface area contributed by atoms with Gasteiger partial charge >= 0.3 is 0 Å². The second kappa shape index (κ2) is 5.48. The molecule has 0 saturated carbocycles. The molecule has 0 radical (unpaired) electrons. The predicted octanol–water partition coefficient (Wildman–Crippen LogP) is 1.33. The van der Waals surface area contributed by atoms with Crippen LogP contribution in [0.25, 0.3) is 10.9 Å². The Hall–Kier alpha value is -1.39. The molecule has 15 heavy (non-hydrogen) atoms. The topological polar surface area (TPSA) is 47.3 Å². The van der Waals surface area contributed by atoms with Crippen LogP contribution in [0.3, 0.4) is 0 Å². The average Bonchev–Trinajstić information content (AvgIpc) is 2.58. The molecule has 0 saturated heterocycles. The van der Waals surface area contributed by atoms with Crippen LogP contribution in [0.1, 0.15) is 5.69 Å². The number of hydrogen-bond acceptors (Lipinski definition) is 3. The third-order valence-corrected chi connectivity index (χ3v) is 1.98. The van der Waals surface area contributed by atoms with Crippen LogP contribution in [0.15, 0.2) is 24.3 Å². The SMILES string of the molecule is COC.Cn1nc(CO)c2ccccc21. The molecule has 1 aromatic carbocycles. The number of hydrogen-bond donors (Lipinski definition) is 1. The first-order valence-corrected chi connectivity index (χ1v) is 4.66. The molecule has 2 aromatic rings. The molecule has 0 spiro atoms. The maximum Gasteiger partial charge on any atom is 0.0957 e. The van der Waals surface area contributed by atoms with Gasteiger partial charge in [-0.25, -0.2) is 0 Å². The van der Waals surface area contributed by atoms with Gasteiger partial charge in [0.25, 0.3) is 0 Å². The first-order valence-electron chi connectivity index (χ1n) is 4.66. The lowest BCUT2D eigenvalue weighted by atomic mass is 10.2. The number of aryl methyl sites for hydroxylation is 1. The van der Waals surface area contributed by atoms with Gasteiger partial charge in [0.2, 0.25) is 0 Å². The van der Waals surface area contributed by atoms with Gasteiger partial charge in [0.15, 0.2) is 0 Å². The molecule has 0 aliphatic rings. The highest BCUT2D eigenvalue weighted by molar-refractivity contribution is 5.81. The van der Waals surface area contributed by atoms with E-state index in [1.807, 2.05) is 31.3 Å². The van der Waals surface area contributed by atoms with Crippen molar-refractivity contribution in [3.05, 3.63) is 30.0 Å². The van der Waals surface area contributed by atoms with E-state index in [0.29, 0.717) is 0 Å². The van der Waals surface area contributed by atoms with E-state index in [1.54, 1.807) is 18.9 Å². The van der Waals surface area contributed by atoms with Crippen molar-refractivity contribution in [3.8, 4) is 0 Å². The van der Waals surface area contributed by atoms with Crippen LogP contribution in [0.4, 0.5) is 0 Å². The van der Waals surface area contributed by atoms with Gasteiger partial charge in [-0.3, -0.25) is 4.68 Å². The summed E-state index contributed by atoms with van der Waals surface area (Å²) in [6.07, 6.45) is 0. The maximum atomic E-state index is 8.97. The first kappa shape index (κ1) is 11.7. The summed E-state index contributed by atoms with van der Waals surface area (Å²) in [5.41, 5.74) is 1.80. The van der Waals surface area contributed by atoms with Gasteiger partial charge in [-0.05, 0) is 6.07 Å². The van der Waals surface area contributed by atoms with Gasteiger partial charge in [-0.2, -0.15) is 5.10 Å². The van der Waals surface area contributed by atoms with Crippen molar-refractivity contribution in [1.82, 2.24) is 9.78 Å². The Bertz CT molecular complexity index is 423. The Morgan fingerprint density at radius 2 is 1.93 bits per heavy atom. The standard InChI is InChI=1S/C9H10N2O.C2H6O/c1-11-9-5-3-2-4-7(9)8(6-12)10-11;1-3-2/h2-5,12H,6H2,1H3;1-2H3. The Balaban J connectivity index is 0.000000337. The van der Waals surface area contributed by atoms with Gasteiger partial charge in [-0.15, -0.1) is 0 Å². The van der Waals surface area contributed by atoms with Crippen LogP contribution in [0, 0.1) is 0 Å². The molecule has 1 heterocycles. The lowest BCUT2D eigenvalue weighted by Gasteiger charge is -1.90. The van der Waals surface area contributed by atoms with E-state index in [9.17, 15) is 0 Å². The molecule has 2 rings (SSSR count). The highest BCUT2D eigenvalue weighted by Crippen LogP contribution is 2.16. The van der Waals surface area contributed by atoms with Crippen molar-refractivity contribution in [3.63, 3.8) is 0 Å². The minimum Gasteiger partial charge on any atom is -0.390 e. The molecule has 4 nitrogen and oxygen atoms in total. The van der Waals surface area contributed by atoms with Gasteiger partial charge in [0.05, 0.1) is 17.8 Å². The van der Waals surface area contributed by atoms with E-state index in [1.165, 1.54) is 0 Å². The van der Waals surface area contributed by atoms with Crippen molar-refractivity contribution in [2.45, 2.75) is 6.61 Å². The summed E-state index contributed by atoms with van der Waals surface area (Å²) in [5, 5.41) is 14.2. The predicted molar refractivity (Wildman–Crippen MR) is 59.6 cm³/mol. The van der Waals surface area contributed by atoms with Crippen molar-refractivity contribution >= 4 is 10.9 Å². The average molecular weight is 208 g/mol. The number of aliphatic hydroxyl groups is 1. The normalized spacial score (nSPS) is 9.87. The highest BCUT2D eigenvalue weighted by atomic mass is 16.4. The van der Waals surface area contributed by atoms with Gasteiger partial charge < -0.3 is 9.84 Å². The third kappa shape index (κ3) is 2.55. The van der Waals surface area contributed by atoms with Crippen LogP contribution >= 0.6 is 0 Å². The molecule has 1 aromatic heterocycles. The Morgan fingerprint density at radius 3 is 2.53 bits per heavy atom. The lowest BCUT2D eigenvalue weighted by Crippen LogP contribution is -1.90. The quantitative estimate of drug-likeness (QED) is 0.769. The summed E-state index contributed by atoms with van der Waals surface area (Å²) in [5.74, 6) is 0.